The van der Waals surface area contributed by atoms with Crippen LogP contribution in [0.25, 0.3) is 0 Å². The van der Waals surface area contributed by atoms with Gasteiger partial charge in [0.15, 0.2) is 0 Å². The lowest BCUT2D eigenvalue weighted by atomic mass is 9.92. The molecule has 0 aromatic carbocycles. The van der Waals surface area contributed by atoms with Gasteiger partial charge in [0.25, 0.3) is 0 Å². The normalized spacial score (nSPS) is 20.6. The van der Waals surface area contributed by atoms with Crippen molar-refractivity contribution in [1.82, 2.24) is 4.90 Å². The van der Waals surface area contributed by atoms with Crippen molar-refractivity contribution in [3.63, 3.8) is 0 Å². The molecule has 0 bridgehead atoms. The van der Waals surface area contributed by atoms with Crippen LogP contribution in [0.1, 0.15) is 27.7 Å². The second kappa shape index (κ2) is 3.34. The first-order valence-corrected chi connectivity index (χ1v) is 4.64. The zero-order valence-corrected chi connectivity index (χ0v) is 8.54. The lowest BCUT2D eigenvalue weighted by Crippen LogP contribution is -2.21. The van der Waals surface area contributed by atoms with Gasteiger partial charge in [-0.05, 0) is 5.92 Å². The third-order valence-corrected chi connectivity index (χ3v) is 1.97. The molecule has 0 radical (unpaired) electrons. The number of allylic oxidation sites excluding steroid dienone is 2. The van der Waals surface area contributed by atoms with Crippen LogP contribution in [0, 0.1) is 11.3 Å². The van der Waals surface area contributed by atoms with Crippen molar-refractivity contribution in [3.05, 3.63) is 24.6 Å². The van der Waals surface area contributed by atoms with E-state index in [9.17, 15) is 0 Å². The van der Waals surface area contributed by atoms with Gasteiger partial charge in [-0.1, -0.05) is 39.8 Å². The standard InChI is InChI=1S/C11H19N/c1-10(2)9-12-7-5-11(3,4)6-8-12/h5-8,10H,9H2,1-4H3. The Balaban J connectivity index is 2.50. The van der Waals surface area contributed by atoms with Crippen molar-refractivity contribution in [2.75, 3.05) is 6.54 Å². The summed E-state index contributed by atoms with van der Waals surface area (Å²) in [5, 5.41) is 0. The van der Waals surface area contributed by atoms with Crippen LogP contribution in [0.4, 0.5) is 0 Å². The van der Waals surface area contributed by atoms with Crippen molar-refractivity contribution >= 4 is 0 Å². The molecule has 1 nitrogen and oxygen atoms in total. The Bertz CT molecular complexity index is 183. The van der Waals surface area contributed by atoms with Gasteiger partial charge in [0.1, 0.15) is 0 Å². The van der Waals surface area contributed by atoms with Crippen LogP contribution in [0.5, 0.6) is 0 Å². The van der Waals surface area contributed by atoms with E-state index < -0.39 is 0 Å². The van der Waals surface area contributed by atoms with Gasteiger partial charge >= 0.3 is 0 Å². The summed E-state index contributed by atoms with van der Waals surface area (Å²) in [4.78, 5) is 2.25. The minimum atomic E-state index is 0.244. The molecule has 1 heteroatoms. The van der Waals surface area contributed by atoms with Crippen molar-refractivity contribution in [3.8, 4) is 0 Å². The molecular formula is C11H19N. The fraction of sp³-hybridized carbons (Fsp3) is 0.636. The zero-order valence-electron chi connectivity index (χ0n) is 8.54. The molecule has 1 heterocycles. The number of hydrogen-bond donors (Lipinski definition) is 0. The van der Waals surface area contributed by atoms with Gasteiger partial charge in [0, 0.05) is 24.4 Å². The van der Waals surface area contributed by atoms with Crippen LogP contribution in [0.15, 0.2) is 24.6 Å². The average molecular weight is 165 g/mol. The number of nitrogens with zero attached hydrogens (tertiary/aromatic N) is 1. The predicted octanol–water partition coefficient (Wildman–Crippen LogP) is 3.01. The van der Waals surface area contributed by atoms with Crippen molar-refractivity contribution in [2.45, 2.75) is 27.7 Å². The number of rotatable bonds is 2. The van der Waals surface area contributed by atoms with Gasteiger partial charge in [-0.2, -0.15) is 0 Å². The highest BCUT2D eigenvalue weighted by Crippen LogP contribution is 2.23. The van der Waals surface area contributed by atoms with Crippen molar-refractivity contribution in [1.29, 1.82) is 0 Å². The highest BCUT2D eigenvalue weighted by atomic mass is 15.1. The molecule has 0 N–H and O–H groups in total. The Hall–Kier alpha value is -0.720. The summed E-state index contributed by atoms with van der Waals surface area (Å²) in [6.45, 7) is 10.0. The Morgan fingerprint density at radius 2 is 1.67 bits per heavy atom. The van der Waals surface area contributed by atoms with Crippen LogP contribution in [-0.2, 0) is 0 Å². The molecule has 0 atom stereocenters. The molecule has 0 saturated heterocycles. The first-order valence-electron chi connectivity index (χ1n) is 4.64. The van der Waals surface area contributed by atoms with Gasteiger partial charge in [-0.25, -0.2) is 0 Å². The van der Waals surface area contributed by atoms with Gasteiger partial charge in [-0.15, -0.1) is 0 Å². The van der Waals surface area contributed by atoms with Crippen LogP contribution < -0.4 is 0 Å². The quantitative estimate of drug-likeness (QED) is 0.608. The van der Waals surface area contributed by atoms with E-state index in [1.807, 2.05) is 0 Å². The molecule has 1 rings (SSSR count). The van der Waals surface area contributed by atoms with Crippen molar-refractivity contribution in [2.24, 2.45) is 11.3 Å². The maximum Gasteiger partial charge on any atom is 0.0242 e. The molecule has 68 valence electrons. The molecule has 0 aromatic rings. The summed E-state index contributed by atoms with van der Waals surface area (Å²) in [6.07, 6.45) is 8.85. The number of hydrogen-bond acceptors (Lipinski definition) is 1. The van der Waals surface area contributed by atoms with E-state index in [1.54, 1.807) is 0 Å². The van der Waals surface area contributed by atoms with Gasteiger partial charge in [0.05, 0.1) is 0 Å². The largest absolute Gasteiger partial charge is 0.355 e. The van der Waals surface area contributed by atoms with Gasteiger partial charge in [0.2, 0.25) is 0 Å². The topological polar surface area (TPSA) is 3.24 Å². The zero-order chi connectivity index (χ0) is 9.19. The van der Waals surface area contributed by atoms with Crippen molar-refractivity contribution < 1.29 is 0 Å². The van der Waals surface area contributed by atoms with E-state index in [0.717, 1.165) is 12.5 Å². The summed E-state index contributed by atoms with van der Waals surface area (Å²) in [5.74, 6) is 0.723. The smallest absolute Gasteiger partial charge is 0.0242 e. The Kier molecular flexibility index (Phi) is 2.61. The van der Waals surface area contributed by atoms with Gasteiger partial charge < -0.3 is 4.90 Å². The minimum absolute atomic E-state index is 0.244. The molecule has 1 aliphatic heterocycles. The van der Waals surface area contributed by atoms with E-state index in [4.69, 9.17) is 0 Å². The maximum atomic E-state index is 2.25. The van der Waals surface area contributed by atoms with E-state index in [0.29, 0.717) is 0 Å². The Morgan fingerprint density at radius 1 is 1.17 bits per heavy atom. The second-order valence-electron chi connectivity index (χ2n) is 4.54. The fourth-order valence-electron chi connectivity index (χ4n) is 1.22. The molecule has 0 unspecified atom stereocenters. The minimum Gasteiger partial charge on any atom is -0.355 e. The SMILES string of the molecule is CC(C)CN1C=CC(C)(C)C=C1. The van der Waals surface area contributed by atoms with E-state index >= 15 is 0 Å². The molecule has 0 saturated carbocycles. The monoisotopic (exact) mass is 165 g/mol. The molecule has 0 spiro atoms. The molecule has 0 aliphatic carbocycles. The fourth-order valence-corrected chi connectivity index (χ4v) is 1.22. The first-order chi connectivity index (χ1) is 5.49. The summed E-state index contributed by atoms with van der Waals surface area (Å²) in [7, 11) is 0. The molecular weight excluding hydrogens is 146 g/mol. The first kappa shape index (κ1) is 9.37. The lowest BCUT2D eigenvalue weighted by Gasteiger charge is -2.26. The predicted molar refractivity (Wildman–Crippen MR) is 53.6 cm³/mol. The van der Waals surface area contributed by atoms with Crippen LogP contribution in [0.2, 0.25) is 0 Å². The third-order valence-electron chi connectivity index (χ3n) is 1.97. The van der Waals surface area contributed by atoms with Crippen LogP contribution in [-0.4, -0.2) is 11.4 Å². The van der Waals surface area contributed by atoms with Crippen LogP contribution >= 0.6 is 0 Å². The molecule has 0 fully saturated rings. The molecule has 0 amide bonds. The summed E-state index contributed by atoms with van der Waals surface area (Å²) < 4.78 is 0. The Labute approximate surface area is 75.8 Å². The Morgan fingerprint density at radius 3 is 2.08 bits per heavy atom. The molecule has 0 aromatic heterocycles. The van der Waals surface area contributed by atoms with E-state index in [1.165, 1.54) is 0 Å². The highest BCUT2D eigenvalue weighted by molar-refractivity contribution is 5.13. The lowest BCUT2D eigenvalue weighted by molar-refractivity contribution is 0.402. The average Bonchev–Trinajstić information content (AvgIpc) is 1.93. The summed E-state index contributed by atoms with van der Waals surface area (Å²) in [5.41, 5.74) is 0.244. The van der Waals surface area contributed by atoms with E-state index in [-0.39, 0.29) is 5.41 Å². The van der Waals surface area contributed by atoms with E-state index in [2.05, 4.69) is 57.1 Å². The van der Waals surface area contributed by atoms with Crippen LogP contribution in [0.3, 0.4) is 0 Å². The highest BCUT2D eigenvalue weighted by Gasteiger charge is 2.13. The van der Waals surface area contributed by atoms with Gasteiger partial charge in [-0.3, -0.25) is 0 Å². The molecule has 12 heavy (non-hydrogen) atoms. The summed E-state index contributed by atoms with van der Waals surface area (Å²) in [6, 6.07) is 0. The maximum absolute atomic E-state index is 2.25. The third kappa shape index (κ3) is 2.72. The second-order valence-corrected chi connectivity index (χ2v) is 4.54. The molecule has 1 aliphatic rings. The summed E-state index contributed by atoms with van der Waals surface area (Å²) >= 11 is 0.